The largest absolute Gasteiger partial charge is 0.487 e. The van der Waals surface area contributed by atoms with Crippen molar-refractivity contribution in [1.29, 1.82) is 0 Å². The quantitative estimate of drug-likeness (QED) is 0.655. The summed E-state index contributed by atoms with van der Waals surface area (Å²) >= 11 is 0. The van der Waals surface area contributed by atoms with Gasteiger partial charge in [0.05, 0.1) is 12.9 Å². The van der Waals surface area contributed by atoms with Crippen molar-refractivity contribution in [1.82, 2.24) is 0 Å². The first-order valence-corrected chi connectivity index (χ1v) is 4.54. The van der Waals surface area contributed by atoms with E-state index in [4.69, 9.17) is 9.15 Å². The standard InChI is InChI=1S/C10H14O3/c1-2-3-4-6-13-10-8-12-7-5-9(10)11/h5,7-8H,2-4,6H2,1H3. The third-order valence-electron chi connectivity index (χ3n) is 1.72. The Morgan fingerprint density at radius 2 is 2.31 bits per heavy atom. The maximum atomic E-state index is 11.1. The van der Waals surface area contributed by atoms with Gasteiger partial charge in [0.1, 0.15) is 6.26 Å². The molecule has 0 aromatic carbocycles. The Labute approximate surface area is 77.3 Å². The molecule has 1 aromatic heterocycles. The lowest BCUT2D eigenvalue weighted by Crippen LogP contribution is -2.06. The Balaban J connectivity index is 2.37. The van der Waals surface area contributed by atoms with Gasteiger partial charge in [-0.15, -0.1) is 0 Å². The first-order valence-electron chi connectivity index (χ1n) is 4.54. The highest BCUT2D eigenvalue weighted by molar-refractivity contribution is 5.13. The van der Waals surface area contributed by atoms with E-state index in [0.717, 1.165) is 19.3 Å². The van der Waals surface area contributed by atoms with Gasteiger partial charge in [-0.05, 0) is 6.42 Å². The molecule has 72 valence electrons. The van der Waals surface area contributed by atoms with Crippen LogP contribution in [-0.4, -0.2) is 6.61 Å². The molecule has 0 fully saturated rings. The summed E-state index contributed by atoms with van der Waals surface area (Å²) in [5.41, 5.74) is -0.122. The van der Waals surface area contributed by atoms with Gasteiger partial charge in [0.2, 0.25) is 11.2 Å². The van der Waals surface area contributed by atoms with Gasteiger partial charge in [-0.1, -0.05) is 19.8 Å². The summed E-state index contributed by atoms with van der Waals surface area (Å²) in [6.07, 6.45) is 5.94. The van der Waals surface area contributed by atoms with Gasteiger partial charge in [0, 0.05) is 6.07 Å². The van der Waals surface area contributed by atoms with Crippen LogP contribution < -0.4 is 10.2 Å². The molecule has 1 aromatic rings. The SMILES string of the molecule is CCCCCOc1coccc1=O. The van der Waals surface area contributed by atoms with E-state index in [-0.39, 0.29) is 5.43 Å². The summed E-state index contributed by atoms with van der Waals surface area (Å²) in [7, 11) is 0. The van der Waals surface area contributed by atoms with Gasteiger partial charge in [-0.2, -0.15) is 0 Å². The van der Waals surface area contributed by atoms with E-state index in [0.29, 0.717) is 12.4 Å². The van der Waals surface area contributed by atoms with Crippen LogP contribution in [0.4, 0.5) is 0 Å². The van der Waals surface area contributed by atoms with Crippen molar-refractivity contribution in [3.05, 3.63) is 28.8 Å². The van der Waals surface area contributed by atoms with Crippen LogP contribution in [0.15, 0.2) is 27.8 Å². The minimum atomic E-state index is -0.122. The van der Waals surface area contributed by atoms with E-state index in [2.05, 4.69) is 6.92 Å². The molecule has 0 amide bonds. The molecule has 0 saturated heterocycles. The van der Waals surface area contributed by atoms with Crippen molar-refractivity contribution in [2.24, 2.45) is 0 Å². The molecule has 0 atom stereocenters. The molecule has 0 saturated carbocycles. The maximum Gasteiger partial charge on any atom is 0.226 e. The van der Waals surface area contributed by atoms with Crippen molar-refractivity contribution in [2.45, 2.75) is 26.2 Å². The predicted molar refractivity (Wildman–Crippen MR) is 50.0 cm³/mol. The molecule has 3 nitrogen and oxygen atoms in total. The van der Waals surface area contributed by atoms with Crippen molar-refractivity contribution in [2.75, 3.05) is 6.61 Å². The third kappa shape index (κ3) is 3.32. The number of hydrogen-bond donors (Lipinski definition) is 0. The molecule has 0 spiro atoms. The van der Waals surface area contributed by atoms with Gasteiger partial charge in [0.15, 0.2) is 0 Å². The zero-order valence-electron chi connectivity index (χ0n) is 7.79. The van der Waals surface area contributed by atoms with Gasteiger partial charge in [-0.25, -0.2) is 0 Å². The summed E-state index contributed by atoms with van der Waals surface area (Å²) in [4.78, 5) is 11.1. The van der Waals surface area contributed by atoms with E-state index >= 15 is 0 Å². The fourth-order valence-electron chi connectivity index (χ4n) is 0.982. The van der Waals surface area contributed by atoms with Gasteiger partial charge in [0.25, 0.3) is 0 Å². The lowest BCUT2D eigenvalue weighted by Gasteiger charge is -2.02. The van der Waals surface area contributed by atoms with Gasteiger partial charge in [-0.3, -0.25) is 4.79 Å². The molecule has 0 bridgehead atoms. The lowest BCUT2D eigenvalue weighted by atomic mass is 10.3. The Hall–Kier alpha value is -1.25. The Kier molecular flexibility index (Phi) is 4.09. The van der Waals surface area contributed by atoms with Crippen LogP contribution in [0.1, 0.15) is 26.2 Å². The summed E-state index contributed by atoms with van der Waals surface area (Å²) in [6.45, 7) is 2.71. The van der Waals surface area contributed by atoms with Crippen LogP contribution in [0, 0.1) is 0 Å². The first kappa shape index (κ1) is 9.84. The average molecular weight is 182 g/mol. The second kappa shape index (κ2) is 5.41. The molecule has 0 radical (unpaired) electrons. The molecule has 0 aliphatic heterocycles. The number of ether oxygens (including phenoxy) is 1. The van der Waals surface area contributed by atoms with E-state index in [1.165, 1.54) is 18.6 Å². The minimum absolute atomic E-state index is 0.122. The highest BCUT2D eigenvalue weighted by Gasteiger charge is 1.98. The zero-order chi connectivity index (χ0) is 9.52. The topological polar surface area (TPSA) is 39.4 Å². The number of rotatable bonds is 5. The van der Waals surface area contributed by atoms with E-state index in [1.807, 2.05) is 0 Å². The second-order valence-corrected chi connectivity index (χ2v) is 2.84. The van der Waals surface area contributed by atoms with Crippen molar-refractivity contribution in [3.8, 4) is 5.75 Å². The van der Waals surface area contributed by atoms with Crippen LogP contribution in [-0.2, 0) is 0 Å². The minimum Gasteiger partial charge on any atom is -0.487 e. The average Bonchev–Trinajstić information content (AvgIpc) is 2.15. The van der Waals surface area contributed by atoms with Crippen molar-refractivity contribution in [3.63, 3.8) is 0 Å². The fraction of sp³-hybridized carbons (Fsp3) is 0.500. The molecule has 3 heteroatoms. The Bertz CT molecular complexity index is 290. The van der Waals surface area contributed by atoms with Gasteiger partial charge >= 0.3 is 0 Å². The fourth-order valence-corrected chi connectivity index (χ4v) is 0.982. The molecule has 0 aliphatic carbocycles. The van der Waals surface area contributed by atoms with Crippen LogP contribution in [0.2, 0.25) is 0 Å². The maximum absolute atomic E-state index is 11.1. The zero-order valence-corrected chi connectivity index (χ0v) is 7.79. The van der Waals surface area contributed by atoms with Crippen LogP contribution in [0.5, 0.6) is 5.75 Å². The highest BCUT2D eigenvalue weighted by Crippen LogP contribution is 2.03. The molecule has 0 N–H and O–H groups in total. The highest BCUT2D eigenvalue weighted by atomic mass is 16.5. The van der Waals surface area contributed by atoms with Gasteiger partial charge < -0.3 is 9.15 Å². The third-order valence-corrected chi connectivity index (χ3v) is 1.72. The van der Waals surface area contributed by atoms with Crippen molar-refractivity contribution >= 4 is 0 Å². The van der Waals surface area contributed by atoms with Crippen LogP contribution in [0.3, 0.4) is 0 Å². The first-order chi connectivity index (χ1) is 6.34. The molecule has 0 aliphatic rings. The summed E-state index contributed by atoms with van der Waals surface area (Å²) in [5.74, 6) is 0.304. The van der Waals surface area contributed by atoms with Crippen LogP contribution in [0.25, 0.3) is 0 Å². The monoisotopic (exact) mass is 182 g/mol. The molecule has 0 unspecified atom stereocenters. The van der Waals surface area contributed by atoms with Crippen molar-refractivity contribution < 1.29 is 9.15 Å². The van der Waals surface area contributed by atoms with E-state index < -0.39 is 0 Å². The number of unbranched alkanes of at least 4 members (excludes halogenated alkanes) is 2. The summed E-state index contributed by atoms with van der Waals surface area (Å²) in [6, 6.07) is 1.36. The predicted octanol–water partition coefficient (Wildman–Crippen LogP) is 2.21. The normalized spacial score (nSPS) is 9.92. The number of hydrogen-bond acceptors (Lipinski definition) is 3. The Morgan fingerprint density at radius 1 is 1.46 bits per heavy atom. The van der Waals surface area contributed by atoms with E-state index in [9.17, 15) is 4.79 Å². The van der Waals surface area contributed by atoms with Crippen LogP contribution >= 0.6 is 0 Å². The summed E-state index contributed by atoms with van der Waals surface area (Å²) in [5, 5.41) is 0. The summed E-state index contributed by atoms with van der Waals surface area (Å²) < 4.78 is 10.1. The molecular formula is C10H14O3. The molecule has 1 rings (SSSR count). The smallest absolute Gasteiger partial charge is 0.226 e. The molecule has 13 heavy (non-hydrogen) atoms. The molecule has 1 heterocycles. The molecular weight excluding hydrogens is 168 g/mol. The lowest BCUT2D eigenvalue weighted by molar-refractivity contribution is 0.293. The Morgan fingerprint density at radius 3 is 3.00 bits per heavy atom. The van der Waals surface area contributed by atoms with E-state index in [1.54, 1.807) is 0 Å². The second-order valence-electron chi connectivity index (χ2n) is 2.84.